The van der Waals surface area contributed by atoms with Gasteiger partial charge in [0.15, 0.2) is 0 Å². The minimum atomic E-state index is -0.485. The van der Waals surface area contributed by atoms with E-state index in [2.05, 4.69) is 10.6 Å². The van der Waals surface area contributed by atoms with Gasteiger partial charge in [-0.3, -0.25) is 10.1 Å². The lowest BCUT2D eigenvalue weighted by molar-refractivity contribution is -0.384. The van der Waals surface area contributed by atoms with Crippen LogP contribution in [0, 0.1) is 10.1 Å². The summed E-state index contributed by atoms with van der Waals surface area (Å²) >= 11 is 0. The zero-order valence-corrected chi connectivity index (χ0v) is 14.9. The van der Waals surface area contributed by atoms with Crippen molar-refractivity contribution in [2.75, 3.05) is 44.7 Å². The number of carbonyl (C=O) groups is 2. The fourth-order valence-electron chi connectivity index (χ4n) is 3.13. The average Bonchev–Trinajstić information content (AvgIpc) is 2.69. The van der Waals surface area contributed by atoms with Gasteiger partial charge in [0.05, 0.1) is 18.1 Å². The molecule has 0 unspecified atom stereocenters. The van der Waals surface area contributed by atoms with Crippen LogP contribution < -0.4 is 10.6 Å². The summed E-state index contributed by atoms with van der Waals surface area (Å²) in [5, 5.41) is 16.4. The third-order valence-electron chi connectivity index (χ3n) is 4.74. The van der Waals surface area contributed by atoms with Crippen molar-refractivity contribution < 1.29 is 19.2 Å². The molecule has 146 valence electrons. The highest BCUT2D eigenvalue weighted by Crippen LogP contribution is 2.17. The van der Waals surface area contributed by atoms with Gasteiger partial charge in [0.2, 0.25) is 0 Å². The van der Waals surface area contributed by atoms with E-state index in [0.29, 0.717) is 57.9 Å². The highest BCUT2D eigenvalue weighted by molar-refractivity contribution is 5.89. The number of nitro groups is 1. The molecule has 10 nitrogen and oxygen atoms in total. The standard InChI is InChI=1S/C17H23N5O5/c23-16(18-13-1-3-15(4-2-13)22(25)26)20-7-5-14(6-8-20)19-17(24)21-9-11-27-12-10-21/h1-4,14H,5-12H2,(H,18,23)(H,19,24). The van der Waals surface area contributed by atoms with Crippen LogP contribution in [-0.4, -0.2) is 72.2 Å². The molecular formula is C17H23N5O5. The van der Waals surface area contributed by atoms with Crippen LogP contribution in [0.4, 0.5) is 21.0 Å². The number of benzene rings is 1. The monoisotopic (exact) mass is 377 g/mol. The lowest BCUT2D eigenvalue weighted by Gasteiger charge is -2.34. The van der Waals surface area contributed by atoms with Crippen LogP contribution in [0.25, 0.3) is 0 Å². The second-order valence-electron chi connectivity index (χ2n) is 6.54. The lowest BCUT2D eigenvalue weighted by atomic mass is 10.1. The number of anilines is 1. The number of morpholine rings is 1. The molecular weight excluding hydrogens is 354 g/mol. The average molecular weight is 377 g/mol. The van der Waals surface area contributed by atoms with Gasteiger partial charge in [-0.25, -0.2) is 9.59 Å². The first-order valence-electron chi connectivity index (χ1n) is 8.96. The van der Waals surface area contributed by atoms with Gasteiger partial charge < -0.3 is 25.2 Å². The van der Waals surface area contributed by atoms with E-state index in [1.165, 1.54) is 24.3 Å². The first-order valence-corrected chi connectivity index (χ1v) is 8.96. The number of likely N-dealkylation sites (tertiary alicyclic amines) is 1. The van der Waals surface area contributed by atoms with Gasteiger partial charge in [-0.05, 0) is 25.0 Å². The van der Waals surface area contributed by atoms with Gasteiger partial charge >= 0.3 is 12.1 Å². The number of carbonyl (C=O) groups excluding carboxylic acids is 2. The molecule has 0 spiro atoms. The number of nitro benzene ring substituents is 1. The molecule has 2 heterocycles. The Morgan fingerprint density at radius 2 is 1.59 bits per heavy atom. The summed E-state index contributed by atoms with van der Waals surface area (Å²) in [4.78, 5) is 38.2. The summed E-state index contributed by atoms with van der Waals surface area (Å²) in [5.74, 6) is 0. The van der Waals surface area contributed by atoms with Crippen molar-refractivity contribution in [3.05, 3.63) is 34.4 Å². The Kier molecular flexibility index (Phi) is 6.07. The maximum absolute atomic E-state index is 12.3. The highest BCUT2D eigenvalue weighted by atomic mass is 16.6. The number of rotatable bonds is 3. The molecule has 1 aromatic rings. The van der Waals surface area contributed by atoms with Gasteiger partial charge in [0, 0.05) is 50.0 Å². The van der Waals surface area contributed by atoms with Gasteiger partial charge in [-0.15, -0.1) is 0 Å². The number of hydrogen-bond acceptors (Lipinski definition) is 5. The Bertz CT molecular complexity index is 681. The van der Waals surface area contributed by atoms with E-state index in [4.69, 9.17) is 4.74 Å². The van der Waals surface area contributed by atoms with Crippen LogP contribution in [0.3, 0.4) is 0 Å². The van der Waals surface area contributed by atoms with E-state index in [1.807, 2.05) is 0 Å². The molecule has 2 aliphatic heterocycles. The Labute approximate surface area is 156 Å². The molecule has 0 aliphatic carbocycles. The van der Waals surface area contributed by atoms with Crippen LogP contribution in [0.1, 0.15) is 12.8 Å². The van der Waals surface area contributed by atoms with Gasteiger partial charge in [-0.2, -0.15) is 0 Å². The summed E-state index contributed by atoms with van der Waals surface area (Å²) in [5.41, 5.74) is 0.484. The predicted molar refractivity (Wildman–Crippen MR) is 97.6 cm³/mol. The summed E-state index contributed by atoms with van der Waals surface area (Å²) in [6.07, 6.45) is 1.37. The summed E-state index contributed by atoms with van der Waals surface area (Å²) < 4.78 is 5.24. The maximum atomic E-state index is 12.3. The van der Waals surface area contributed by atoms with E-state index in [1.54, 1.807) is 9.80 Å². The van der Waals surface area contributed by atoms with Crippen molar-refractivity contribution >= 4 is 23.4 Å². The van der Waals surface area contributed by atoms with Crippen LogP contribution in [0.2, 0.25) is 0 Å². The molecule has 0 radical (unpaired) electrons. The predicted octanol–water partition coefficient (Wildman–Crippen LogP) is 1.63. The Morgan fingerprint density at radius 1 is 1.00 bits per heavy atom. The van der Waals surface area contributed by atoms with Crippen molar-refractivity contribution in [2.24, 2.45) is 0 Å². The van der Waals surface area contributed by atoms with Gasteiger partial charge in [-0.1, -0.05) is 0 Å². The molecule has 0 aromatic heterocycles. The summed E-state index contributed by atoms with van der Waals surface area (Å²) in [6.45, 7) is 3.40. The number of nitrogens with one attached hydrogen (secondary N) is 2. The van der Waals surface area contributed by atoms with Crippen molar-refractivity contribution in [1.29, 1.82) is 0 Å². The van der Waals surface area contributed by atoms with Crippen molar-refractivity contribution in [3.63, 3.8) is 0 Å². The molecule has 4 amide bonds. The van der Waals surface area contributed by atoms with E-state index in [9.17, 15) is 19.7 Å². The molecule has 10 heteroatoms. The zero-order chi connectivity index (χ0) is 19.2. The van der Waals surface area contributed by atoms with Crippen molar-refractivity contribution in [1.82, 2.24) is 15.1 Å². The molecule has 27 heavy (non-hydrogen) atoms. The van der Waals surface area contributed by atoms with Gasteiger partial charge in [0.1, 0.15) is 0 Å². The molecule has 0 atom stereocenters. The smallest absolute Gasteiger partial charge is 0.321 e. The first kappa shape index (κ1) is 18.9. The second-order valence-corrected chi connectivity index (χ2v) is 6.54. The van der Waals surface area contributed by atoms with Crippen LogP contribution >= 0.6 is 0 Å². The quantitative estimate of drug-likeness (QED) is 0.613. The molecule has 2 aliphatic rings. The number of piperidine rings is 1. The van der Waals surface area contributed by atoms with Crippen LogP contribution in [-0.2, 0) is 4.74 Å². The Morgan fingerprint density at radius 3 is 2.19 bits per heavy atom. The van der Waals surface area contributed by atoms with Crippen molar-refractivity contribution in [2.45, 2.75) is 18.9 Å². The molecule has 0 saturated carbocycles. The van der Waals surface area contributed by atoms with E-state index in [0.717, 1.165) is 0 Å². The minimum absolute atomic E-state index is 0.0233. The maximum Gasteiger partial charge on any atom is 0.321 e. The van der Waals surface area contributed by atoms with Crippen LogP contribution in [0.5, 0.6) is 0 Å². The second kappa shape index (κ2) is 8.67. The number of ether oxygens (including phenoxy) is 1. The Balaban J connectivity index is 1.43. The number of amides is 4. The fraction of sp³-hybridized carbons (Fsp3) is 0.529. The topological polar surface area (TPSA) is 117 Å². The molecule has 1 aromatic carbocycles. The zero-order valence-electron chi connectivity index (χ0n) is 14.9. The first-order chi connectivity index (χ1) is 13.0. The van der Waals surface area contributed by atoms with Gasteiger partial charge in [0.25, 0.3) is 5.69 Å². The number of urea groups is 2. The highest BCUT2D eigenvalue weighted by Gasteiger charge is 2.26. The minimum Gasteiger partial charge on any atom is -0.378 e. The molecule has 2 saturated heterocycles. The normalized spacial score (nSPS) is 18.1. The van der Waals surface area contributed by atoms with Crippen LogP contribution in [0.15, 0.2) is 24.3 Å². The molecule has 0 bridgehead atoms. The number of nitrogens with zero attached hydrogens (tertiary/aromatic N) is 3. The molecule has 2 N–H and O–H groups in total. The summed E-state index contributed by atoms with van der Waals surface area (Å²) in [7, 11) is 0. The summed E-state index contributed by atoms with van der Waals surface area (Å²) in [6, 6.07) is 5.43. The number of hydrogen-bond donors (Lipinski definition) is 2. The number of non-ortho nitro benzene ring substituents is 1. The van der Waals surface area contributed by atoms with E-state index < -0.39 is 4.92 Å². The largest absolute Gasteiger partial charge is 0.378 e. The molecule has 3 rings (SSSR count). The third-order valence-corrected chi connectivity index (χ3v) is 4.74. The molecule has 2 fully saturated rings. The Hall–Kier alpha value is -2.88. The third kappa shape index (κ3) is 5.07. The van der Waals surface area contributed by atoms with Crippen molar-refractivity contribution in [3.8, 4) is 0 Å². The lowest BCUT2D eigenvalue weighted by Crippen LogP contribution is -2.52. The fourth-order valence-corrected chi connectivity index (χ4v) is 3.13. The van der Waals surface area contributed by atoms with E-state index in [-0.39, 0.29) is 23.8 Å². The van der Waals surface area contributed by atoms with E-state index >= 15 is 0 Å². The SMILES string of the molecule is O=C(Nc1ccc([N+](=O)[O-])cc1)N1CCC(NC(=O)N2CCOCC2)CC1.